The SMILES string of the molecule is Cc1cc(N(CC(=O)N(Cc2ccc(Cl)cc2)[C@H](C)C(=O)NC2CCCCC2)S(C)(=O)=O)ccc1Br. The van der Waals surface area contributed by atoms with Gasteiger partial charge in [-0.05, 0) is 68.1 Å². The summed E-state index contributed by atoms with van der Waals surface area (Å²) in [7, 11) is -3.77. The van der Waals surface area contributed by atoms with E-state index >= 15 is 0 Å². The number of amides is 2. The Labute approximate surface area is 227 Å². The lowest BCUT2D eigenvalue weighted by Gasteiger charge is -2.33. The van der Waals surface area contributed by atoms with E-state index in [0.717, 1.165) is 51.8 Å². The van der Waals surface area contributed by atoms with Gasteiger partial charge in [-0.1, -0.05) is 58.9 Å². The highest BCUT2D eigenvalue weighted by atomic mass is 79.9. The van der Waals surface area contributed by atoms with Crippen LogP contribution in [-0.2, 0) is 26.2 Å². The number of sulfonamides is 1. The molecule has 1 aliphatic rings. The topological polar surface area (TPSA) is 86.8 Å². The van der Waals surface area contributed by atoms with Crippen LogP contribution in [0.15, 0.2) is 46.9 Å². The Balaban J connectivity index is 1.87. The quantitative estimate of drug-likeness (QED) is 0.438. The Morgan fingerprint density at radius 3 is 2.33 bits per heavy atom. The van der Waals surface area contributed by atoms with Crippen molar-refractivity contribution in [2.45, 2.75) is 64.6 Å². The largest absolute Gasteiger partial charge is 0.352 e. The molecule has 10 heteroatoms. The van der Waals surface area contributed by atoms with Gasteiger partial charge in [0.25, 0.3) is 0 Å². The third-order valence-corrected chi connectivity index (χ3v) is 8.78. The van der Waals surface area contributed by atoms with E-state index in [-0.39, 0.29) is 18.5 Å². The Hall–Kier alpha value is -2.10. The van der Waals surface area contributed by atoms with Crippen molar-refractivity contribution in [3.05, 3.63) is 63.1 Å². The molecule has 0 heterocycles. The van der Waals surface area contributed by atoms with Crippen LogP contribution in [0.4, 0.5) is 5.69 Å². The molecule has 1 atom stereocenters. The van der Waals surface area contributed by atoms with E-state index in [1.807, 2.05) is 6.92 Å². The molecule has 3 rings (SSSR count). The maximum absolute atomic E-state index is 13.6. The van der Waals surface area contributed by atoms with E-state index in [9.17, 15) is 18.0 Å². The van der Waals surface area contributed by atoms with Gasteiger partial charge in [0.05, 0.1) is 11.9 Å². The third kappa shape index (κ3) is 7.70. The van der Waals surface area contributed by atoms with Crippen molar-refractivity contribution in [2.24, 2.45) is 0 Å². The van der Waals surface area contributed by atoms with Gasteiger partial charge in [-0.3, -0.25) is 13.9 Å². The lowest BCUT2D eigenvalue weighted by atomic mass is 9.95. The summed E-state index contributed by atoms with van der Waals surface area (Å²) in [4.78, 5) is 28.2. The number of anilines is 1. The van der Waals surface area contributed by atoms with Crippen LogP contribution in [-0.4, -0.2) is 50.0 Å². The molecule has 0 saturated heterocycles. The average molecular weight is 599 g/mol. The van der Waals surface area contributed by atoms with Gasteiger partial charge in [0.15, 0.2) is 0 Å². The average Bonchev–Trinajstić information content (AvgIpc) is 2.83. The number of nitrogens with zero attached hydrogens (tertiary/aromatic N) is 2. The van der Waals surface area contributed by atoms with Gasteiger partial charge < -0.3 is 10.2 Å². The monoisotopic (exact) mass is 597 g/mol. The molecular weight excluding hydrogens is 566 g/mol. The molecule has 196 valence electrons. The number of nitrogens with one attached hydrogen (secondary N) is 1. The fraction of sp³-hybridized carbons (Fsp3) is 0.462. The Morgan fingerprint density at radius 1 is 1.11 bits per heavy atom. The molecule has 7 nitrogen and oxygen atoms in total. The summed E-state index contributed by atoms with van der Waals surface area (Å²) in [5.74, 6) is -0.711. The molecule has 0 radical (unpaired) electrons. The summed E-state index contributed by atoms with van der Waals surface area (Å²) in [6, 6.07) is 11.4. The molecule has 2 aromatic rings. The van der Waals surface area contributed by atoms with Crippen LogP contribution in [0.25, 0.3) is 0 Å². The molecular formula is C26H33BrClN3O4S. The van der Waals surface area contributed by atoms with Crippen molar-refractivity contribution in [3.63, 3.8) is 0 Å². The summed E-state index contributed by atoms with van der Waals surface area (Å²) in [5.41, 5.74) is 2.01. The summed E-state index contributed by atoms with van der Waals surface area (Å²) < 4.78 is 27.3. The third-order valence-electron chi connectivity index (χ3n) is 6.49. The smallest absolute Gasteiger partial charge is 0.244 e. The first-order valence-electron chi connectivity index (χ1n) is 12.0. The van der Waals surface area contributed by atoms with Crippen LogP contribution < -0.4 is 9.62 Å². The minimum atomic E-state index is -3.77. The van der Waals surface area contributed by atoms with Crippen molar-refractivity contribution < 1.29 is 18.0 Å². The molecule has 1 saturated carbocycles. The summed E-state index contributed by atoms with van der Waals surface area (Å²) >= 11 is 9.45. The van der Waals surface area contributed by atoms with Crippen LogP contribution in [0.3, 0.4) is 0 Å². The molecule has 0 aromatic heterocycles. The molecule has 1 fully saturated rings. The number of benzene rings is 2. The molecule has 0 unspecified atom stereocenters. The van der Waals surface area contributed by atoms with Crippen LogP contribution >= 0.6 is 27.5 Å². The normalized spacial score (nSPS) is 15.2. The van der Waals surface area contributed by atoms with Gasteiger partial charge >= 0.3 is 0 Å². The maximum Gasteiger partial charge on any atom is 0.244 e. The lowest BCUT2D eigenvalue weighted by molar-refractivity contribution is -0.139. The zero-order valence-electron chi connectivity index (χ0n) is 20.8. The number of halogens is 2. The fourth-order valence-electron chi connectivity index (χ4n) is 4.34. The highest BCUT2D eigenvalue weighted by molar-refractivity contribution is 9.10. The van der Waals surface area contributed by atoms with E-state index in [0.29, 0.717) is 10.7 Å². The highest BCUT2D eigenvalue weighted by Crippen LogP contribution is 2.25. The predicted octanol–water partition coefficient (Wildman–Crippen LogP) is 5.04. The summed E-state index contributed by atoms with van der Waals surface area (Å²) in [6.45, 7) is 3.25. The van der Waals surface area contributed by atoms with Gasteiger partial charge in [0.2, 0.25) is 21.8 Å². The van der Waals surface area contributed by atoms with Gasteiger partial charge in [-0.25, -0.2) is 8.42 Å². The zero-order chi connectivity index (χ0) is 26.5. The molecule has 0 bridgehead atoms. The number of carbonyl (C=O) groups excluding carboxylic acids is 2. The first kappa shape index (κ1) is 28.5. The first-order valence-corrected chi connectivity index (χ1v) is 15.1. The lowest BCUT2D eigenvalue weighted by Crippen LogP contribution is -2.52. The van der Waals surface area contributed by atoms with Gasteiger partial charge in [-0.15, -0.1) is 0 Å². The van der Waals surface area contributed by atoms with Crippen molar-refractivity contribution in [1.82, 2.24) is 10.2 Å². The van der Waals surface area contributed by atoms with E-state index in [1.54, 1.807) is 49.4 Å². The number of aryl methyl sites for hydroxylation is 1. The van der Waals surface area contributed by atoms with Crippen molar-refractivity contribution in [1.29, 1.82) is 0 Å². The fourth-order valence-corrected chi connectivity index (χ4v) is 5.55. The highest BCUT2D eigenvalue weighted by Gasteiger charge is 2.31. The molecule has 1 N–H and O–H groups in total. The number of carbonyl (C=O) groups is 2. The van der Waals surface area contributed by atoms with Gasteiger partial charge in [0, 0.05) is 22.1 Å². The van der Waals surface area contributed by atoms with Gasteiger partial charge in [0.1, 0.15) is 12.6 Å². The molecule has 2 aromatic carbocycles. The van der Waals surface area contributed by atoms with E-state index in [1.165, 1.54) is 11.3 Å². The Morgan fingerprint density at radius 2 is 1.75 bits per heavy atom. The number of hydrogen-bond donors (Lipinski definition) is 1. The number of hydrogen-bond acceptors (Lipinski definition) is 4. The van der Waals surface area contributed by atoms with Crippen LogP contribution in [0.5, 0.6) is 0 Å². The molecule has 0 aliphatic heterocycles. The summed E-state index contributed by atoms with van der Waals surface area (Å²) in [5, 5.41) is 3.65. The second-order valence-electron chi connectivity index (χ2n) is 9.37. The van der Waals surface area contributed by atoms with Gasteiger partial charge in [-0.2, -0.15) is 0 Å². The Kier molecular flexibility index (Phi) is 9.83. The second-order valence-corrected chi connectivity index (χ2v) is 12.6. The maximum atomic E-state index is 13.6. The van der Waals surface area contributed by atoms with Crippen LogP contribution in [0, 0.1) is 6.92 Å². The van der Waals surface area contributed by atoms with E-state index in [4.69, 9.17) is 11.6 Å². The van der Waals surface area contributed by atoms with Crippen molar-refractivity contribution in [2.75, 3.05) is 17.1 Å². The minimum absolute atomic E-state index is 0.0967. The second kappa shape index (κ2) is 12.4. The molecule has 0 spiro atoms. The summed E-state index contributed by atoms with van der Waals surface area (Å²) in [6.07, 6.45) is 6.23. The predicted molar refractivity (Wildman–Crippen MR) is 148 cm³/mol. The zero-order valence-corrected chi connectivity index (χ0v) is 24.0. The Bertz CT molecular complexity index is 1180. The van der Waals surface area contributed by atoms with E-state index < -0.39 is 28.5 Å². The standard InChI is InChI=1S/C26H33BrClN3O4S/c1-18-15-23(13-14-24(18)27)31(36(3,34)35)17-25(32)30(16-20-9-11-21(28)12-10-20)19(2)26(33)29-22-7-5-4-6-8-22/h9-15,19,22H,4-8,16-17H2,1-3H3,(H,29,33)/t19-/m1/s1. The van der Waals surface area contributed by atoms with E-state index in [2.05, 4.69) is 21.2 Å². The van der Waals surface area contributed by atoms with Crippen molar-refractivity contribution in [3.8, 4) is 0 Å². The van der Waals surface area contributed by atoms with Crippen LogP contribution in [0.2, 0.25) is 5.02 Å². The minimum Gasteiger partial charge on any atom is -0.352 e. The molecule has 1 aliphatic carbocycles. The first-order chi connectivity index (χ1) is 17.0. The van der Waals surface area contributed by atoms with Crippen LogP contribution in [0.1, 0.15) is 50.2 Å². The molecule has 2 amide bonds. The number of rotatable bonds is 9. The molecule has 36 heavy (non-hydrogen) atoms. The van der Waals surface area contributed by atoms with Crippen molar-refractivity contribution >= 4 is 55.1 Å².